The highest BCUT2D eigenvalue weighted by molar-refractivity contribution is 5.41. The van der Waals surface area contributed by atoms with Crippen molar-refractivity contribution in [2.75, 3.05) is 29.9 Å². The third kappa shape index (κ3) is 3.60. The normalized spacial score (nSPS) is 18.4. The Bertz CT molecular complexity index is 641. The standard InChI is InChI=1S/C16H24N6O/c1-4-17-13-7-8-18-16(19-13)22-9-5-6-12(10-22)15-20-14(11(2)3)21-23-15/h7-8,11-12H,4-6,9-10H2,1-3H3,(H,17,18,19)/t12-/m1/s1. The Balaban J connectivity index is 1.73. The lowest BCUT2D eigenvalue weighted by Gasteiger charge is -2.31. The Hall–Kier alpha value is -2.18. The molecule has 0 aliphatic carbocycles. The molecular formula is C16H24N6O. The third-order valence-corrected chi connectivity index (χ3v) is 4.03. The van der Waals surface area contributed by atoms with Crippen LogP contribution in [0.3, 0.4) is 0 Å². The largest absolute Gasteiger partial charge is 0.370 e. The summed E-state index contributed by atoms with van der Waals surface area (Å²) < 4.78 is 5.47. The second-order valence-corrected chi connectivity index (χ2v) is 6.20. The highest BCUT2D eigenvalue weighted by atomic mass is 16.5. The molecule has 0 bridgehead atoms. The minimum Gasteiger partial charge on any atom is -0.370 e. The lowest BCUT2D eigenvalue weighted by molar-refractivity contribution is 0.329. The molecule has 0 radical (unpaired) electrons. The van der Waals surface area contributed by atoms with Crippen molar-refractivity contribution in [3.63, 3.8) is 0 Å². The first-order chi connectivity index (χ1) is 11.2. The molecule has 0 amide bonds. The summed E-state index contributed by atoms with van der Waals surface area (Å²) in [5.41, 5.74) is 0. The lowest BCUT2D eigenvalue weighted by atomic mass is 9.98. The van der Waals surface area contributed by atoms with Gasteiger partial charge in [0.25, 0.3) is 0 Å². The number of anilines is 2. The van der Waals surface area contributed by atoms with E-state index in [4.69, 9.17) is 4.52 Å². The minimum atomic E-state index is 0.246. The molecule has 0 saturated carbocycles. The van der Waals surface area contributed by atoms with Crippen molar-refractivity contribution in [1.29, 1.82) is 0 Å². The molecule has 23 heavy (non-hydrogen) atoms. The molecule has 0 unspecified atom stereocenters. The van der Waals surface area contributed by atoms with Gasteiger partial charge in [0.05, 0.1) is 5.92 Å². The summed E-state index contributed by atoms with van der Waals surface area (Å²) in [7, 11) is 0. The maximum atomic E-state index is 5.47. The van der Waals surface area contributed by atoms with Crippen LogP contribution < -0.4 is 10.2 Å². The molecule has 2 aromatic rings. The first-order valence-corrected chi connectivity index (χ1v) is 8.32. The maximum Gasteiger partial charge on any atom is 0.231 e. The van der Waals surface area contributed by atoms with E-state index in [0.717, 1.165) is 56.0 Å². The van der Waals surface area contributed by atoms with Crippen molar-refractivity contribution in [3.05, 3.63) is 24.0 Å². The van der Waals surface area contributed by atoms with Crippen LogP contribution in [0.25, 0.3) is 0 Å². The number of hydrogen-bond donors (Lipinski definition) is 1. The van der Waals surface area contributed by atoms with Gasteiger partial charge in [-0.2, -0.15) is 9.97 Å². The predicted molar refractivity (Wildman–Crippen MR) is 88.8 cm³/mol. The Morgan fingerprint density at radius 1 is 1.39 bits per heavy atom. The van der Waals surface area contributed by atoms with Crippen molar-refractivity contribution in [2.45, 2.75) is 45.4 Å². The Morgan fingerprint density at radius 2 is 2.26 bits per heavy atom. The Labute approximate surface area is 136 Å². The summed E-state index contributed by atoms with van der Waals surface area (Å²) in [6.45, 7) is 8.82. The second-order valence-electron chi connectivity index (χ2n) is 6.20. The van der Waals surface area contributed by atoms with Crippen LogP contribution in [0, 0.1) is 0 Å². The number of nitrogens with zero attached hydrogens (tertiary/aromatic N) is 5. The molecule has 0 aromatic carbocycles. The first-order valence-electron chi connectivity index (χ1n) is 8.32. The fourth-order valence-electron chi connectivity index (χ4n) is 2.79. The molecular weight excluding hydrogens is 292 g/mol. The second kappa shape index (κ2) is 6.93. The highest BCUT2D eigenvalue weighted by Crippen LogP contribution is 2.28. The number of piperidine rings is 1. The van der Waals surface area contributed by atoms with Crippen molar-refractivity contribution < 1.29 is 4.52 Å². The van der Waals surface area contributed by atoms with E-state index in [9.17, 15) is 0 Å². The van der Waals surface area contributed by atoms with Gasteiger partial charge in [0, 0.05) is 31.7 Å². The predicted octanol–water partition coefficient (Wildman–Crippen LogP) is 2.80. The van der Waals surface area contributed by atoms with Gasteiger partial charge in [0.1, 0.15) is 5.82 Å². The van der Waals surface area contributed by atoms with Gasteiger partial charge in [0.2, 0.25) is 11.8 Å². The van der Waals surface area contributed by atoms with Crippen LogP contribution in [-0.2, 0) is 0 Å². The SMILES string of the molecule is CCNc1ccnc(N2CCC[C@@H](c3nc(C(C)C)no3)C2)n1. The molecule has 1 saturated heterocycles. The van der Waals surface area contributed by atoms with Gasteiger partial charge >= 0.3 is 0 Å². The molecule has 3 heterocycles. The van der Waals surface area contributed by atoms with Crippen LogP contribution in [0.5, 0.6) is 0 Å². The summed E-state index contributed by atoms with van der Waals surface area (Å²) in [4.78, 5) is 15.8. The van der Waals surface area contributed by atoms with Crippen LogP contribution in [0.4, 0.5) is 11.8 Å². The highest BCUT2D eigenvalue weighted by Gasteiger charge is 2.27. The van der Waals surface area contributed by atoms with Gasteiger partial charge in [-0.05, 0) is 25.8 Å². The van der Waals surface area contributed by atoms with E-state index in [1.54, 1.807) is 6.20 Å². The number of rotatable bonds is 5. The fraction of sp³-hybridized carbons (Fsp3) is 0.625. The molecule has 2 aromatic heterocycles. The van der Waals surface area contributed by atoms with Crippen molar-refractivity contribution in [2.24, 2.45) is 0 Å². The van der Waals surface area contributed by atoms with Gasteiger partial charge in [-0.1, -0.05) is 19.0 Å². The quantitative estimate of drug-likeness (QED) is 0.908. The minimum absolute atomic E-state index is 0.246. The lowest BCUT2D eigenvalue weighted by Crippen LogP contribution is -2.35. The zero-order valence-electron chi connectivity index (χ0n) is 14.0. The smallest absolute Gasteiger partial charge is 0.231 e. The van der Waals surface area contributed by atoms with E-state index in [1.807, 2.05) is 6.07 Å². The summed E-state index contributed by atoms with van der Waals surface area (Å²) >= 11 is 0. The molecule has 3 rings (SSSR count). The van der Waals surface area contributed by atoms with Crippen LogP contribution in [0.2, 0.25) is 0 Å². The van der Waals surface area contributed by atoms with E-state index in [1.165, 1.54) is 0 Å². The maximum absolute atomic E-state index is 5.47. The van der Waals surface area contributed by atoms with Gasteiger partial charge < -0.3 is 14.7 Å². The Morgan fingerprint density at radius 3 is 3.00 bits per heavy atom. The zero-order chi connectivity index (χ0) is 16.2. The average Bonchev–Trinajstić information content (AvgIpc) is 3.06. The van der Waals surface area contributed by atoms with Crippen molar-refractivity contribution >= 4 is 11.8 Å². The van der Waals surface area contributed by atoms with E-state index in [2.05, 4.69) is 51.1 Å². The molecule has 1 atom stereocenters. The van der Waals surface area contributed by atoms with Crippen molar-refractivity contribution in [3.8, 4) is 0 Å². The fourth-order valence-corrected chi connectivity index (χ4v) is 2.79. The summed E-state index contributed by atoms with van der Waals surface area (Å²) in [5.74, 6) is 3.67. The van der Waals surface area contributed by atoms with Crippen LogP contribution in [0.1, 0.15) is 57.2 Å². The molecule has 1 aliphatic rings. The molecule has 0 spiro atoms. The van der Waals surface area contributed by atoms with Gasteiger partial charge in [0.15, 0.2) is 5.82 Å². The zero-order valence-corrected chi connectivity index (χ0v) is 14.0. The topological polar surface area (TPSA) is 80.0 Å². The molecule has 1 aliphatic heterocycles. The van der Waals surface area contributed by atoms with E-state index in [-0.39, 0.29) is 11.8 Å². The molecule has 1 N–H and O–H groups in total. The average molecular weight is 316 g/mol. The number of hydrogen-bond acceptors (Lipinski definition) is 7. The molecule has 1 fully saturated rings. The molecule has 7 heteroatoms. The van der Waals surface area contributed by atoms with Crippen LogP contribution in [-0.4, -0.2) is 39.7 Å². The molecule has 124 valence electrons. The van der Waals surface area contributed by atoms with E-state index in [0.29, 0.717) is 0 Å². The summed E-state index contributed by atoms with van der Waals surface area (Å²) in [6, 6.07) is 1.89. The monoisotopic (exact) mass is 316 g/mol. The third-order valence-electron chi connectivity index (χ3n) is 4.03. The Kier molecular flexibility index (Phi) is 4.73. The first kappa shape index (κ1) is 15.7. The van der Waals surface area contributed by atoms with E-state index < -0.39 is 0 Å². The van der Waals surface area contributed by atoms with Gasteiger partial charge in [-0.25, -0.2) is 4.98 Å². The molecule has 7 nitrogen and oxygen atoms in total. The van der Waals surface area contributed by atoms with Gasteiger partial charge in [-0.15, -0.1) is 0 Å². The van der Waals surface area contributed by atoms with E-state index >= 15 is 0 Å². The van der Waals surface area contributed by atoms with Gasteiger partial charge in [-0.3, -0.25) is 0 Å². The van der Waals surface area contributed by atoms with Crippen molar-refractivity contribution in [1.82, 2.24) is 20.1 Å². The number of nitrogens with one attached hydrogen (secondary N) is 1. The summed E-state index contributed by atoms with van der Waals surface area (Å²) in [6.07, 6.45) is 3.93. The summed E-state index contributed by atoms with van der Waals surface area (Å²) in [5, 5.41) is 7.31. The van der Waals surface area contributed by atoms with Crippen LogP contribution in [0.15, 0.2) is 16.8 Å². The number of aromatic nitrogens is 4. The van der Waals surface area contributed by atoms with Crippen LogP contribution >= 0.6 is 0 Å².